The number of nitriles is 1. The fraction of sp³-hybridized carbons (Fsp3) is 0.750. The zero-order chi connectivity index (χ0) is 24.2. The van der Waals surface area contributed by atoms with Crippen LogP contribution >= 0.6 is 0 Å². The average molecular weight is 451 g/mol. The summed E-state index contributed by atoms with van der Waals surface area (Å²) >= 11 is 0. The molecule has 0 aromatic carbocycles. The first kappa shape index (κ1) is 23.0. The van der Waals surface area contributed by atoms with Crippen molar-refractivity contribution in [2.24, 2.45) is 45.7 Å². The lowest BCUT2D eigenvalue weighted by Gasteiger charge is -2.67. The molecular weight excluding hydrogens is 412 g/mol. The number of hydrogen-bond acceptors (Lipinski definition) is 5. The van der Waals surface area contributed by atoms with Crippen LogP contribution in [-0.4, -0.2) is 27.8 Å². The van der Waals surface area contributed by atoms with Crippen molar-refractivity contribution in [2.45, 2.75) is 90.7 Å². The smallest absolute Gasteiger partial charge is 0.177 e. The molecule has 5 aliphatic carbocycles. The van der Waals surface area contributed by atoms with Gasteiger partial charge in [0, 0.05) is 23.3 Å². The standard InChI is InChI=1S/C28H38N2O3/c1-16-23(32)17(15-29)12-19-18-13-21(31)22-20-14-24(2,3)6-9-27(20,33)10-7-26(22,5)25(18,4)8-11-28(16,19)30/h12-13,16,19-20,22,33H,6-11,14,30H2,1-5H3/t16-,19?,20?,22?,25-,26-,27+,28-/m1/s1. The van der Waals surface area contributed by atoms with Gasteiger partial charge < -0.3 is 10.8 Å². The molecule has 5 aliphatic rings. The monoisotopic (exact) mass is 450 g/mol. The lowest BCUT2D eigenvalue weighted by molar-refractivity contribution is -0.192. The van der Waals surface area contributed by atoms with Gasteiger partial charge in [0.15, 0.2) is 11.6 Å². The number of nitrogens with zero attached hydrogens (tertiary/aromatic N) is 1. The van der Waals surface area contributed by atoms with Crippen LogP contribution < -0.4 is 5.73 Å². The second-order valence-corrected chi connectivity index (χ2v) is 13.2. The summed E-state index contributed by atoms with van der Waals surface area (Å²) in [5.41, 5.74) is 6.14. The van der Waals surface area contributed by atoms with E-state index < -0.39 is 17.1 Å². The minimum atomic E-state index is -0.769. The Morgan fingerprint density at radius 3 is 2.39 bits per heavy atom. The first-order chi connectivity index (χ1) is 15.2. The minimum absolute atomic E-state index is 0.0382. The van der Waals surface area contributed by atoms with Crippen LogP contribution in [0.5, 0.6) is 0 Å². The van der Waals surface area contributed by atoms with Crippen molar-refractivity contribution in [2.75, 3.05) is 0 Å². The summed E-state index contributed by atoms with van der Waals surface area (Å²) in [6.45, 7) is 10.9. The predicted octanol–water partition coefficient (Wildman–Crippen LogP) is 4.25. The fourth-order valence-corrected chi connectivity index (χ4v) is 8.63. The Morgan fingerprint density at radius 2 is 1.73 bits per heavy atom. The molecule has 5 rings (SSSR count). The number of rotatable bonds is 0. The maximum atomic E-state index is 13.9. The molecule has 0 heterocycles. The normalized spacial score (nSPS) is 50.6. The Bertz CT molecular complexity index is 1050. The van der Waals surface area contributed by atoms with E-state index >= 15 is 0 Å². The zero-order valence-electron chi connectivity index (χ0n) is 20.7. The summed E-state index contributed by atoms with van der Waals surface area (Å²) in [6.07, 6.45) is 9.22. The molecule has 3 saturated carbocycles. The van der Waals surface area contributed by atoms with Gasteiger partial charge in [0.2, 0.25) is 0 Å². The fourth-order valence-electron chi connectivity index (χ4n) is 8.63. The van der Waals surface area contributed by atoms with Crippen molar-refractivity contribution in [1.82, 2.24) is 0 Å². The van der Waals surface area contributed by atoms with E-state index in [0.717, 1.165) is 44.1 Å². The van der Waals surface area contributed by atoms with Crippen LogP contribution in [0.1, 0.15) is 79.6 Å². The molecule has 0 aromatic heterocycles. The molecule has 3 N–H and O–H groups in total. The van der Waals surface area contributed by atoms with Gasteiger partial charge in [-0.15, -0.1) is 0 Å². The molecule has 8 atom stereocenters. The molecule has 0 saturated heterocycles. The van der Waals surface area contributed by atoms with Crippen LogP contribution in [0.25, 0.3) is 0 Å². The predicted molar refractivity (Wildman–Crippen MR) is 126 cm³/mol. The lowest BCUT2D eigenvalue weighted by atomic mass is 9.37. The Hall–Kier alpha value is -1.77. The number of carbonyl (C=O) groups is 2. The van der Waals surface area contributed by atoms with Crippen LogP contribution in [0.4, 0.5) is 0 Å². The van der Waals surface area contributed by atoms with Gasteiger partial charge in [-0.1, -0.05) is 46.3 Å². The average Bonchev–Trinajstić information content (AvgIpc) is 2.74. The number of aliphatic hydroxyl groups is 1. The largest absolute Gasteiger partial charge is 0.390 e. The molecule has 5 nitrogen and oxygen atoms in total. The van der Waals surface area contributed by atoms with Crippen molar-refractivity contribution in [3.63, 3.8) is 0 Å². The van der Waals surface area contributed by atoms with Crippen LogP contribution in [0.2, 0.25) is 0 Å². The number of fused-ring (bicyclic) bond motifs is 7. The highest BCUT2D eigenvalue weighted by atomic mass is 16.3. The van der Waals surface area contributed by atoms with Crippen molar-refractivity contribution in [3.05, 3.63) is 23.3 Å². The summed E-state index contributed by atoms with van der Waals surface area (Å²) in [7, 11) is 0. The van der Waals surface area contributed by atoms with Crippen molar-refractivity contribution in [3.8, 4) is 6.07 Å². The molecule has 0 amide bonds. The van der Waals surface area contributed by atoms with Crippen molar-refractivity contribution < 1.29 is 14.7 Å². The summed E-state index contributed by atoms with van der Waals surface area (Å²) in [5.74, 6) is -1.07. The Kier molecular flexibility index (Phi) is 4.65. The van der Waals surface area contributed by atoms with Gasteiger partial charge in [0.05, 0.1) is 11.2 Å². The van der Waals surface area contributed by atoms with E-state index in [1.807, 2.05) is 13.0 Å². The zero-order valence-corrected chi connectivity index (χ0v) is 20.7. The lowest BCUT2D eigenvalue weighted by Crippen LogP contribution is -2.68. The van der Waals surface area contributed by atoms with E-state index in [-0.39, 0.29) is 51.1 Å². The van der Waals surface area contributed by atoms with Crippen LogP contribution in [0, 0.1) is 51.2 Å². The molecule has 178 valence electrons. The molecule has 0 aromatic rings. The van der Waals surface area contributed by atoms with Gasteiger partial charge in [-0.05, 0) is 73.2 Å². The highest BCUT2D eigenvalue weighted by Crippen LogP contribution is 2.70. The van der Waals surface area contributed by atoms with Gasteiger partial charge in [-0.25, -0.2) is 0 Å². The minimum Gasteiger partial charge on any atom is -0.390 e. The van der Waals surface area contributed by atoms with E-state index in [2.05, 4.69) is 33.8 Å². The van der Waals surface area contributed by atoms with Crippen LogP contribution in [0.3, 0.4) is 0 Å². The van der Waals surface area contributed by atoms with E-state index in [4.69, 9.17) is 5.73 Å². The molecule has 3 unspecified atom stereocenters. The second-order valence-electron chi connectivity index (χ2n) is 13.2. The van der Waals surface area contributed by atoms with Crippen molar-refractivity contribution >= 4 is 11.6 Å². The number of hydrogen-bond donors (Lipinski definition) is 2. The summed E-state index contributed by atoms with van der Waals surface area (Å²) in [6, 6.07) is 2.08. The highest BCUT2D eigenvalue weighted by molar-refractivity contribution is 6.03. The Labute approximate surface area is 197 Å². The molecule has 0 spiro atoms. The first-order valence-corrected chi connectivity index (χ1v) is 12.7. The van der Waals surface area contributed by atoms with E-state index in [0.29, 0.717) is 6.42 Å². The molecule has 3 fully saturated rings. The van der Waals surface area contributed by atoms with Gasteiger partial charge in [-0.3, -0.25) is 9.59 Å². The number of ketones is 2. The van der Waals surface area contributed by atoms with Gasteiger partial charge in [0.1, 0.15) is 6.07 Å². The van der Waals surface area contributed by atoms with Crippen LogP contribution in [-0.2, 0) is 9.59 Å². The summed E-state index contributed by atoms with van der Waals surface area (Å²) in [5, 5.41) is 21.3. The topological polar surface area (TPSA) is 104 Å². The number of allylic oxidation sites excluding steroid dienone is 2. The molecular formula is C28H38N2O3. The number of Topliss-reactive ketones (excluding diaryl/α,β-unsaturated/α-hetero) is 1. The second kappa shape index (κ2) is 6.67. The quantitative estimate of drug-likeness (QED) is 0.574. The molecule has 0 aliphatic heterocycles. The molecule has 0 radical (unpaired) electrons. The van der Waals surface area contributed by atoms with E-state index in [1.165, 1.54) is 0 Å². The maximum absolute atomic E-state index is 13.9. The number of nitrogens with two attached hydrogens (primary N) is 1. The van der Waals surface area contributed by atoms with Crippen molar-refractivity contribution in [1.29, 1.82) is 5.26 Å². The SMILES string of the molecule is C[C@@H]1C(=O)C(C#N)=CC2C3=CC(=O)C4C5CC(C)(C)CC[C@]5(O)CC[C@@]4(C)[C@]3(C)CC[C@]21N. The van der Waals surface area contributed by atoms with E-state index in [1.54, 1.807) is 6.08 Å². The van der Waals surface area contributed by atoms with Gasteiger partial charge in [0.25, 0.3) is 0 Å². The van der Waals surface area contributed by atoms with E-state index in [9.17, 15) is 20.0 Å². The van der Waals surface area contributed by atoms with Crippen LogP contribution in [0.15, 0.2) is 23.3 Å². The summed E-state index contributed by atoms with van der Waals surface area (Å²) < 4.78 is 0. The number of carbonyl (C=O) groups excluding carboxylic acids is 2. The Balaban J connectivity index is 1.66. The molecule has 33 heavy (non-hydrogen) atoms. The molecule has 5 heteroatoms. The summed E-state index contributed by atoms with van der Waals surface area (Å²) in [4.78, 5) is 26.7. The first-order valence-electron chi connectivity index (χ1n) is 12.7. The highest BCUT2D eigenvalue weighted by Gasteiger charge is 2.68. The third-order valence-electron chi connectivity index (χ3n) is 11.3. The Morgan fingerprint density at radius 1 is 1.06 bits per heavy atom. The maximum Gasteiger partial charge on any atom is 0.177 e. The third-order valence-corrected chi connectivity index (χ3v) is 11.3. The molecule has 0 bridgehead atoms. The van der Waals surface area contributed by atoms with Gasteiger partial charge in [-0.2, -0.15) is 5.26 Å². The van der Waals surface area contributed by atoms with Gasteiger partial charge >= 0.3 is 0 Å². The third kappa shape index (κ3) is 2.77.